The Morgan fingerprint density at radius 1 is 1.06 bits per heavy atom. The Kier molecular flexibility index (Phi) is 4.58. The number of aliphatic carboxylic acids is 1. The van der Waals surface area contributed by atoms with Crippen molar-refractivity contribution >= 4 is 11.9 Å². The Bertz CT molecular complexity index is 311. The lowest BCUT2D eigenvalue weighted by Crippen LogP contribution is -2.54. The molecule has 2 aliphatic rings. The minimum absolute atomic E-state index is 0.0102. The Labute approximate surface area is 108 Å². The van der Waals surface area contributed by atoms with E-state index in [-0.39, 0.29) is 11.9 Å². The zero-order valence-electron chi connectivity index (χ0n) is 10.7. The Morgan fingerprint density at radius 2 is 1.83 bits per heavy atom. The van der Waals surface area contributed by atoms with Gasteiger partial charge >= 0.3 is 5.97 Å². The number of piperidine rings is 1. The van der Waals surface area contributed by atoms with Gasteiger partial charge in [0.25, 0.3) is 0 Å². The Balaban J connectivity index is 2.02. The molecule has 0 aromatic heterocycles. The predicted octanol–water partition coefficient (Wildman–Crippen LogP) is 0.984. The third-order valence-corrected chi connectivity index (χ3v) is 3.93. The SMILES string of the molecule is O=C(O)C1CCCCN1C(=O)C1CCCCCN1. The van der Waals surface area contributed by atoms with E-state index in [1.807, 2.05) is 0 Å². The zero-order valence-corrected chi connectivity index (χ0v) is 10.7. The van der Waals surface area contributed by atoms with Gasteiger partial charge in [0.15, 0.2) is 0 Å². The molecule has 5 heteroatoms. The maximum absolute atomic E-state index is 12.4. The molecular formula is C13H22N2O3. The van der Waals surface area contributed by atoms with Crippen molar-refractivity contribution in [2.24, 2.45) is 0 Å². The number of rotatable bonds is 2. The van der Waals surface area contributed by atoms with Crippen LogP contribution in [0.4, 0.5) is 0 Å². The Morgan fingerprint density at radius 3 is 2.61 bits per heavy atom. The average molecular weight is 254 g/mol. The van der Waals surface area contributed by atoms with E-state index >= 15 is 0 Å². The van der Waals surface area contributed by atoms with Crippen LogP contribution in [0, 0.1) is 0 Å². The lowest BCUT2D eigenvalue weighted by molar-refractivity contribution is -0.153. The second kappa shape index (κ2) is 6.18. The molecule has 0 radical (unpaired) electrons. The quantitative estimate of drug-likeness (QED) is 0.771. The fourth-order valence-electron chi connectivity index (χ4n) is 2.89. The van der Waals surface area contributed by atoms with Gasteiger partial charge in [-0.1, -0.05) is 12.8 Å². The first-order valence-corrected chi connectivity index (χ1v) is 6.97. The van der Waals surface area contributed by atoms with E-state index in [0.717, 1.165) is 45.1 Å². The normalized spacial score (nSPS) is 29.7. The molecule has 2 rings (SSSR count). The summed E-state index contributed by atoms with van der Waals surface area (Å²) in [5, 5.41) is 12.5. The van der Waals surface area contributed by atoms with Crippen molar-refractivity contribution < 1.29 is 14.7 Å². The number of carboxylic acid groups (broad SMARTS) is 1. The number of carbonyl (C=O) groups excluding carboxylic acids is 1. The van der Waals surface area contributed by atoms with Crippen LogP contribution in [0.5, 0.6) is 0 Å². The molecule has 2 aliphatic heterocycles. The first-order valence-electron chi connectivity index (χ1n) is 6.97. The third kappa shape index (κ3) is 3.02. The molecule has 0 spiro atoms. The highest BCUT2D eigenvalue weighted by atomic mass is 16.4. The number of hydrogen-bond acceptors (Lipinski definition) is 3. The van der Waals surface area contributed by atoms with Crippen molar-refractivity contribution in [3.05, 3.63) is 0 Å². The standard InChI is InChI=1S/C13H22N2O3/c16-12(10-6-2-1-4-8-14-10)15-9-5-3-7-11(15)13(17)18/h10-11,14H,1-9H2,(H,17,18). The molecule has 0 bridgehead atoms. The fraction of sp³-hybridized carbons (Fsp3) is 0.846. The fourth-order valence-corrected chi connectivity index (χ4v) is 2.89. The summed E-state index contributed by atoms with van der Waals surface area (Å²) >= 11 is 0. The molecule has 2 saturated heterocycles. The number of nitrogens with zero attached hydrogens (tertiary/aromatic N) is 1. The molecule has 0 aliphatic carbocycles. The molecule has 2 heterocycles. The molecule has 5 nitrogen and oxygen atoms in total. The van der Waals surface area contributed by atoms with Crippen LogP contribution >= 0.6 is 0 Å². The van der Waals surface area contributed by atoms with E-state index in [9.17, 15) is 14.7 Å². The van der Waals surface area contributed by atoms with Gasteiger partial charge in [0.2, 0.25) is 5.91 Å². The van der Waals surface area contributed by atoms with Gasteiger partial charge in [-0.3, -0.25) is 4.79 Å². The van der Waals surface area contributed by atoms with Gasteiger partial charge in [0, 0.05) is 6.54 Å². The zero-order chi connectivity index (χ0) is 13.0. The van der Waals surface area contributed by atoms with Crippen LogP contribution in [-0.2, 0) is 9.59 Å². The molecule has 0 aromatic carbocycles. The van der Waals surface area contributed by atoms with Crippen LogP contribution in [0.1, 0.15) is 44.9 Å². The van der Waals surface area contributed by atoms with Crippen molar-refractivity contribution in [2.45, 2.75) is 57.0 Å². The number of carboxylic acids is 1. The number of nitrogens with one attached hydrogen (secondary N) is 1. The van der Waals surface area contributed by atoms with Crippen LogP contribution < -0.4 is 5.32 Å². The summed E-state index contributed by atoms with van der Waals surface area (Å²) < 4.78 is 0. The van der Waals surface area contributed by atoms with Gasteiger partial charge in [-0.15, -0.1) is 0 Å². The maximum Gasteiger partial charge on any atom is 0.326 e. The van der Waals surface area contributed by atoms with Gasteiger partial charge in [-0.25, -0.2) is 4.79 Å². The Hall–Kier alpha value is -1.10. The van der Waals surface area contributed by atoms with Gasteiger partial charge in [0.1, 0.15) is 6.04 Å². The lowest BCUT2D eigenvalue weighted by Gasteiger charge is -2.35. The number of amides is 1. The van der Waals surface area contributed by atoms with Gasteiger partial charge in [-0.2, -0.15) is 0 Å². The molecule has 1 amide bonds. The van der Waals surface area contributed by atoms with Gasteiger partial charge < -0.3 is 15.3 Å². The van der Waals surface area contributed by atoms with Crippen LogP contribution in [-0.4, -0.2) is 47.1 Å². The van der Waals surface area contributed by atoms with Crippen molar-refractivity contribution in [1.82, 2.24) is 10.2 Å². The van der Waals surface area contributed by atoms with E-state index in [2.05, 4.69) is 5.32 Å². The van der Waals surface area contributed by atoms with Crippen molar-refractivity contribution in [1.29, 1.82) is 0 Å². The monoisotopic (exact) mass is 254 g/mol. The summed E-state index contributed by atoms with van der Waals surface area (Å²) in [6, 6.07) is -0.788. The van der Waals surface area contributed by atoms with E-state index in [4.69, 9.17) is 0 Å². The summed E-state index contributed by atoms with van der Waals surface area (Å²) in [6.07, 6.45) is 6.55. The topological polar surface area (TPSA) is 69.6 Å². The molecule has 0 saturated carbocycles. The van der Waals surface area contributed by atoms with Gasteiger partial charge in [-0.05, 0) is 38.6 Å². The number of likely N-dealkylation sites (tertiary alicyclic amines) is 1. The largest absolute Gasteiger partial charge is 0.480 e. The van der Waals surface area contributed by atoms with E-state index in [1.54, 1.807) is 4.90 Å². The number of carbonyl (C=O) groups is 2. The van der Waals surface area contributed by atoms with E-state index in [0.29, 0.717) is 13.0 Å². The second-order valence-electron chi connectivity index (χ2n) is 5.24. The molecule has 2 atom stereocenters. The van der Waals surface area contributed by atoms with E-state index < -0.39 is 12.0 Å². The highest BCUT2D eigenvalue weighted by molar-refractivity contribution is 5.87. The predicted molar refractivity (Wildman–Crippen MR) is 67.2 cm³/mol. The van der Waals surface area contributed by atoms with Crippen LogP contribution in [0.3, 0.4) is 0 Å². The molecule has 102 valence electrons. The van der Waals surface area contributed by atoms with Crippen LogP contribution in [0.25, 0.3) is 0 Å². The molecule has 2 fully saturated rings. The van der Waals surface area contributed by atoms with E-state index in [1.165, 1.54) is 0 Å². The summed E-state index contributed by atoms with van der Waals surface area (Å²) in [4.78, 5) is 25.2. The van der Waals surface area contributed by atoms with Crippen molar-refractivity contribution in [3.63, 3.8) is 0 Å². The minimum Gasteiger partial charge on any atom is -0.480 e. The molecular weight excluding hydrogens is 232 g/mol. The van der Waals surface area contributed by atoms with Crippen LogP contribution in [0.2, 0.25) is 0 Å². The van der Waals surface area contributed by atoms with Gasteiger partial charge in [0.05, 0.1) is 6.04 Å². The average Bonchev–Trinajstić information content (AvgIpc) is 2.66. The first kappa shape index (κ1) is 13.3. The smallest absolute Gasteiger partial charge is 0.326 e. The molecule has 2 N–H and O–H groups in total. The van der Waals surface area contributed by atoms with Crippen molar-refractivity contribution in [2.75, 3.05) is 13.1 Å². The highest BCUT2D eigenvalue weighted by Gasteiger charge is 2.35. The summed E-state index contributed by atoms with van der Waals surface area (Å²) in [5.74, 6) is -0.874. The van der Waals surface area contributed by atoms with Crippen molar-refractivity contribution in [3.8, 4) is 0 Å². The second-order valence-corrected chi connectivity index (χ2v) is 5.24. The minimum atomic E-state index is -0.864. The third-order valence-electron chi connectivity index (χ3n) is 3.93. The summed E-state index contributed by atoms with van der Waals surface area (Å²) in [6.45, 7) is 1.45. The highest BCUT2D eigenvalue weighted by Crippen LogP contribution is 2.20. The maximum atomic E-state index is 12.4. The summed E-state index contributed by atoms with van der Waals surface area (Å²) in [5.41, 5.74) is 0. The summed E-state index contributed by atoms with van der Waals surface area (Å²) in [7, 11) is 0. The first-order chi connectivity index (χ1) is 8.70. The number of hydrogen-bond donors (Lipinski definition) is 2. The molecule has 0 aromatic rings. The van der Waals surface area contributed by atoms with Crippen LogP contribution in [0.15, 0.2) is 0 Å². The molecule has 2 unspecified atom stereocenters. The lowest BCUT2D eigenvalue weighted by atomic mass is 10.00. The molecule has 18 heavy (non-hydrogen) atoms.